The van der Waals surface area contributed by atoms with Crippen molar-refractivity contribution in [3.63, 3.8) is 0 Å². The van der Waals surface area contributed by atoms with Crippen molar-refractivity contribution in [3.8, 4) is 23.4 Å². The molecule has 0 saturated heterocycles. The Morgan fingerprint density at radius 2 is 2.00 bits per heavy atom. The Labute approximate surface area is 114 Å². The molecule has 0 aliphatic heterocycles. The van der Waals surface area contributed by atoms with Crippen molar-refractivity contribution in [3.05, 3.63) is 36.0 Å². The van der Waals surface area contributed by atoms with Crippen molar-refractivity contribution in [2.75, 3.05) is 14.2 Å². The molecule has 1 aromatic carbocycles. The van der Waals surface area contributed by atoms with Gasteiger partial charge in [0.15, 0.2) is 0 Å². The average molecular weight is 276 g/mol. The van der Waals surface area contributed by atoms with Gasteiger partial charge in [0, 0.05) is 12.3 Å². The number of rotatable bonds is 5. The lowest BCUT2D eigenvalue weighted by Gasteiger charge is -2.09. The molecule has 20 heavy (non-hydrogen) atoms. The van der Waals surface area contributed by atoms with Crippen molar-refractivity contribution < 1.29 is 24.1 Å². The van der Waals surface area contributed by atoms with Crippen molar-refractivity contribution in [2.45, 2.75) is 0 Å². The first-order valence-corrected chi connectivity index (χ1v) is 5.60. The lowest BCUT2D eigenvalue weighted by atomic mass is 10.2. The van der Waals surface area contributed by atoms with Crippen LogP contribution in [0.1, 0.15) is 10.4 Å². The first-order chi connectivity index (χ1) is 9.63. The minimum absolute atomic E-state index is 0.00276. The van der Waals surface area contributed by atoms with E-state index in [-0.39, 0.29) is 17.3 Å². The number of methoxy groups -OCH3 is 2. The zero-order chi connectivity index (χ0) is 14.5. The molecule has 0 aliphatic rings. The quantitative estimate of drug-likeness (QED) is 0.892. The van der Waals surface area contributed by atoms with Crippen LogP contribution in [-0.4, -0.2) is 35.3 Å². The van der Waals surface area contributed by atoms with Gasteiger partial charge in [-0.05, 0) is 18.2 Å². The van der Waals surface area contributed by atoms with Gasteiger partial charge in [-0.15, -0.1) is 0 Å². The summed E-state index contributed by atoms with van der Waals surface area (Å²) in [4.78, 5) is 19.0. The van der Waals surface area contributed by atoms with E-state index in [9.17, 15) is 4.79 Å². The van der Waals surface area contributed by atoms with Crippen molar-refractivity contribution in [1.82, 2.24) is 9.97 Å². The molecule has 2 aromatic rings. The summed E-state index contributed by atoms with van der Waals surface area (Å²) in [5.41, 5.74) is -0.0456. The van der Waals surface area contributed by atoms with Crippen LogP contribution in [0.5, 0.6) is 23.4 Å². The van der Waals surface area contributed by atoms with Gasteiger partial charge >= 0.3 is 12.0 Å². The first kappa shape index (κ1) is 13.6. The fourth-order valence-corrected chi connectivity index (χ4v) is 1.48. The molecule has 0 aliphatic carbocycles. The lowest BCUT2D eigenvalue weighted by molar-refractivity contribution is 0.0693. The van der Waals surface area contributed by atoms with Crippen LogP contribution in [0.15, 0.2) is 30.5 Å². The molecular formula is C13H12N2O5. The zero-order valence-corrected chi connectivity index (χ0v) is 10.9. The van der Waals surface area contributed by atoms with Crippen molar-refractivity contribution in [2.24, 2.45) is 0 Å². The SMILES string of the molecule is COc1ccc(Oc2nccc(OC)n2)c(C(=O)O)c1. The fraction of sp³-hybridized carbons (Fsp3) is 0.154. The van der Waals surface area contributed by atoms with Crippen LogP contribution in [0.25, 0.3) is 0 Å². The number of nitrogens with zero attached hydrogens (tertiary/aromatic N) is 2. The maximum absolute atomic E-state index is 11.2. The van der Waals surface area contributed by atoms with E-state index >= 15 is 0 Å². The number of ether oxygens (including phenoxy) is 3. The maximum Gasteiger partial charge on any atom is 0.339 e. The van der Waals surface area contributed by atoms with E-state index in [0.29, 0.717) is 11.6 Å². The smallest absolute Gasteiger partial charge is 0.339 e. The summed E-state index contributed by atoms with van der Waals surface area (Å²) in [6.45, 7) is 0. The second-order valence-corrected chi connectivity index (χ2v) is 3.65. The van der Waals surface area contributed by atoms with Crippen molar-refractivity contribution in [1.29, 1.82) is 0 Å². The Morgan fingerprint density at radius 1 is 1.20 bits per heavy atom. The van der Waals surface area contributed by atoms with Crippen LogP contribution in [-0.2, 0) is 0 Å². The Kier molecular flexibility index (Phi) is 3.99. The summed E-state index contributed by atoms with van der Waals surface area (Å²) in [7, 11) is 2.91. The van der Waals surface area contributed by atoms with Gasteiger partial charge in [-0.2, -0.15) is 4.98 Å². The van der Waals surface area contributed by atoms with Gasteiger partial charge in [-0.3, -0.25) is 0 Å². The molecule has 0 fully saturated rings. The van der Waals surface area contributed by atoms with Gasteiger partial charge in [0.05, 0.1) is 14.2 Å². The molecule has 0 bridgehead atoms. The molecule has 0 saturated carbocycles. The summed E-state index contributed by atoms with van der Waals surface area (Å²) in [6, 6.07) is 5.97. The number of carboxylic acid groups (broad SMARTS) is 1. The van der Waals surface area contributed by atoms with Gasteiger partial charge in [0.2, 0.25) is 5.88 Å². The van der Waals surface area contributed by atoms with Crippen LogP contribution in [0.4, 0.5) is 0 Å². The summed E-state index contributed by atoms with van der Waals surface area (Å²) < 4.78 is 15.3. The third-order valence-corrected chi connectivity index (χ3v) is 2.44. The molecule has 7 nitrogen and oxygen atoms in total. The van der Waals surface area contributed by atoms with Gasteiger partial charge in [0.25, 0.3) is 0 Å². The van der Waals surface area contributed by atoms with Gasteiger partial charge in [-0.1, -0.05) is 0 Å². The molecule has 1 N–H and O–H groups in total. The zero-order valence-electron chi connectivity index (χ0n) is 10.9. The highest BCUT2D eigenvalue weighted by molar-refractivity contribution is 5.91. The Hall–Kier alpha value is -2.83. The predicted molar refractivity (Wildman–Crippen MR) is 68.6 cm³/mol. The van der Waals surface area contributed by atoms with E-state index in [0.717, 1.165) is 0 Å². The van der Waals surface area contributed by atoms with Gasteiger partial charge < -0.3 is 19.3 Å². The van der Waals surface area contributed by atoms with Crippen LogP contribution < -0.4 is 14.2 Å². The minimum atomic E-state index is -1.14. The average Bonchev–Trinajstić information content (AvgIpc) is 2.47. The third-order valence-electron chi connectivity index (χ3n) is 2.44. The number of carboxylic acids is 1. The van der Waals surface area contributed by atoms with Gasteiger partial charge in [0.1, 0.15) is 17.1 Å². The largest absolute Gasteiger partial charge is 0.497 e. The lowest BCUT2D eigenvalue weighted by Crippen LogP contribution is -2.02. The maximum atomic E-state index is 11.2. The molecule has 0 amide bonds. The van der Waals surface area contributed by atoms with Crippen LogP contribution >= 0.6 is 0 Å². The Balaban J connectivity index is 2.34. The standard InChI is InChI=1S/C13H12N2O5/c1-18-8-3-4-10(9(7-8)12(16)17)20-13-14-6-5-11(15-13)19-2/h3-7H,1-2H3,(H,16,17). The van der Waals surface area contributed by atoms with E-state index in [1.165, 1.54) is 32.5 Å². The molecular weight excluding hydrogens is 264 g/mol. The number of aromatic carboxylic acids is 1. The van der Waals surface area contributed by atoms with E-state index in [1.54, 1.807) is 12.1 Å². The van der Waals surface area contributed by atoms with E-state index in [4.69, 9.17) is 19.3 Å². The molecule has 104 valence electrons. The number of hydrogen-bond donors (Lipinski definition) is 1. The van der Waals surface area contributed by atoms with E-state index < -0.39 is 5.97 Å². The molecule has 2 rings (SSSR count). The summed E-state index contributed by atoms with van der Waals surface area (Å²) in [5, 5.41) is 9.16. The van der Waals surface area contributed by atoms with Crippen LogP contribution in [0, 0.1) is 0 Å². The molecule has 0 radical (unpaired) electrons. The number of carbonyl (C=O) groups is 1. The summed E-state index contributed by atoms with van der Waals surface area (Å²) in [6.07, 6.45) is 1.45. The normalized spacial score (nSPS) is 9.90. The second kappa shape index (κ2) is 5.87. The highest BCUT2D eigenvalue weighted by Crippen LogP contribution is 2.27. The third kappa shape index (κ3) is 2.94. The number of benzene rings is 1. The Morgan fingerprint density at radius 3 is 2.65 bits per heavy atom. The summed E-state index contributed by atoms with van der Waals surface area (Å²) in [5.74, 6) is -0.282. The predicted octanol–water partition coefficient (Wildman–Crippen LogP) is 1.98. The van der Waals surface area contributed by atoms with E-state index in [2.05, 4.69) is 9.97 Å². The van der Waals surface area contributed by atoms with Crippen LogP contribution in [0.3, 0.4) is 0 Å². The van der Waals surface area contributed by atoms with E-state index in [1.807, 2.05) is 0 Å². The highest BCUT2D eigenvalue weighted by Gasteiger charge is 2.14. The fourth-order valence-electron chi connectivity index (χ4n) is 1.48. The number of hydrogen-bond acceptors (Lipinski definition) is 6. The second-order valence-electron chi connectivity index (χ2n) is 3.65. The topological polar surface area (TPSA) is 90.8 Å². The summed E-state index contributed by atoms with van der Waals surface area (Å²) >= 11 is 0. The number of aromatic nitrogens is 2. The minimum Gasteiger partial charge on any atom is -0.497 e. The molecule has 1 heterocycles. The monoisotopic (exact) mass is 276 g/mol. The highest BCUT2D eigenvalue weighted by atomic mass is 16.5. The molecule has 0 spiro atoms. The molecule has 0 unspecified atom stereocenters. The first-order valence-electron chi connectivity index (χ1n) is 5.60. The van der Waals surface area contributed by atoms with Crippen LogP contribution in [0.2, 0.25) is 0 Å². The Bertz CT molecular complexity index is 630. The van der Waals surface area contributed by atoms with Gasteiger partial charge in [-0.25, -0.2) is 9.78 Å². The molecule has 1 aromatic heterocycles. The molecule has 0 atom stereocenters. The van der Waals surface area contributed by atoms with Crippen molar-refractivity contribution >= 4 is 5.97 Å². The molecule has 7 heteroatoms.